The number of hydrogen-bond acceptors (Lipinski definition) is 5. The van der Waals surface area contributed by atoms with Crippen LogP contribution in [-0.4, -0.2) is 25.5 Å². The Labute approximate surface area is 137 Å². The first-order chi connectivity index (χ1) is 11.7. The van der Waals surface area contributed by atoms with Gasteiger partial charge in [-0.15, -0.1) is 10.2 Å². The molecule has 0 saturated heterocycles. The number of pyridine rings is 1. The SMILES string of the molecule is Cc1ccc(NC(=O)c2ccc3nncn3c2)cc1-c1ncco1. The second-order valence-corrected chi connectivity index (χ2v) is 5.34. The van der Waals surface area contributed by atoms with Crippen LogP contribution in [0.15, 0.2) is 59.7 Å². The Morgan fingerprint density at radius 2 is 2.17 bits per heavy atom. The van der Waals surface area contributed by atoms with Crippen LogP contribution in [0.4, 0.5) is 5.69 Å². The van der Waals surface area contributed by atoms with E-state index in [0.29, 0.717) is 22.8 Å². The zero-order valence-corrected chi connectivity index (χ0v) is 12.8. The van der Waals surface area contributed by atoms with Gasteiger partial charge in [0.15, 0.2) is 5.65 Å². The number of nitrogens with zero attached hydrogens (tertiary/aromatic N) is 4. The lowest BCUT2D eigenvalue weighted by atomic mass is 10.1. The molecule has 4 rings (SSSR count). The highest BCUT2D eigenvalue weighted by Gasteiger charge is 2.11. The van der Waals surface area contributed by atoms with E-state index in [1.165, 1.54) is 6.26 Å². The fourth-order valence-corrected chi connectivity index (χ4v) is 2.45. The minimum absolute atomic E-state index is 0.215. The van der Waals surface area contributed by atoms with E-state index in [2.05, 4.69) is 20.5 Å². The first-order valence-corrected chi connectivity index (χ1v) is 7.32. The third-order valence-electron chi connectivity index (χ3n) is 3.71. The summed E-state index contributed by atoms with van der Waals surface area (Å²) in [5, 5.41) is 10.6. The van der Waals surface area contributed by atoms with Crippen molar-refractivity contribution < 1.29 is 9.21 Å². The molecule has 118 valence electrons. The molecule has 0 atom stereocenters. The number of aromatic nitrogens is 4. The first-order valence-electron chi connectivity index (χ1n) is 7.32. The first kappa shape index (κ1) is 14.1. The lowest BCUT2D eigenvalue weighted by molar-refractivity contribution is 0.102. The van der Waals surface area contributed by atoms with E-state index in [4.69, 9.17) is 4.42 Å². The molecular formula is C17H13N5O2. The molecule has 7 nitrogen and oxygen atoms in total. The average molecular weight is 319 g/mol. The van der Waals surface area contributed by atoms with E-state index in [-0.39, 0.29) is 5.91 Å². The maximum Gasteiger partial charge on any atom is 0.257 e. The van der Waals surface area contributed by atoms with Gasteiger partial charge >= 0.3 is 0 Å². The largest absolute Gasteiger partial charge is 0.445 e. The molecule has 0 fully saturated rings. The van der Waals surface area contributed by atoms with E-state index < -0.39 is 0 Å². The van der Waals surface area contributed by atoms with Crippen LogP contribution >= 0.6 is 0 Å². The van der Waals surface area contributed by atoms with Crippen LogP contribution in [0, 0.1) is 6.92 Å². The molecule has 0 bridgehead atoms. The van der Waals surface area contributed by atoms with Gasteiger partial charge in [-0.25, -0.2) is 4.98 Å². The Morgan fingerprint density at radius 3 is 3.00 bits per heavy atom. The number of amides is 1. The van der Waals surface area contributed by atoms with Gasteiger partial charge in [0.1, 0.15) is 12.6 Å². The van der Waals surface area contributed by atoms with Crippen molar-refractivity contribution in [2.45, 2.75) is 6.92 Å². The van der Waals surface area contributed by atoms with Crippen molar-refractivity contribution in [1.82, 2.24) is 19.6 Å². The molecule has 4 aromatic rings. The van der Waals surface area contributed by atoms with E-state index in [1.807, 2.05) is 25.1 Å². The van der Waals surface area contributed by atoms with Crippen molar-refractivity contribution in [2.75, 3.05) is 5.32 Å². The standard InChI is InChI=1S/C17H13N5O2/c1-11-2-4-13(8-14(11)17-18-6-7-24-17)20-16(23)12-3-5-15-21-19-10-22(15)9-12/h2-10H,1H3,(H,20,23). The topological polar surface area (TPSA) is 85.3 Å². The minimum Gasteiger partial charge on any atom is -0.445 e. The second-order valence-electron chi connectivity index (χ2n) is 5.34. The lowest BCUT2D eigenvalue weighted by Gasteiger charge is -2.08. The van der Waals surface area contributed by atoms with Crippen LogP contribution in [0.2, 0.25) is 0 Å². The molecule has 3 heterocycles. The van der Waals surface area contributed by atoms with Crippen molar-refractivity contribution in [2.24, 2.45) is 0 Å². The van der Waals surface area contributed by atoms with E-state index in [1.54, 1.807) is 35.3 Å². The van der Waals surface area contributed by atoms with Crippen molar-refractivity contribution in [1.29, 1.82) is 0 Å². The lowest BCUT2D eigenvalue weighted by Crippen LogP contribution is -2.12. The summed E-state index contributed by atoms with van der Waals surface area (Å²) in [6, 6.07) is 9.06. The molecule has 7 heteroatoms. The maximum atomic E-state index is 12.5. The molecule has 0 saturated carbocycles. The summed E-state index contributed by atoms with van der Waals surface area (Å²) in [5.41, 5.74) is 3.73. The Kier molecular flexibility index (Phi) is 3.31. The number of nitrogens with one attached hydrogen (secondary N) is 1. The van der Waals surface area contributed by atoms with E-state index >= 15 is 0 Å². The van der Waals surface area contributed by atoms with Crippen molar-refractivity contribution in [3.8, 4) is 11.5 Å². The van der Waals surface area contributed by atoms with Crippen LogP contribution < -0.4 is 5.32 Å². The third-order valence-corrected chi connectivity index (χ3v) is 3.71. The molecule has 0 radical (unpaired) electrons. The molecule has 0 aliphatic rings. The summed E-state index contributed by atoms with van der Waals surface area (Å²) in [6.07, 6.45) is 6.36. The van der Waals surface area contributed by atoms with Gasteiger partial charge in [-0.1, -0.05) is 6.07 Å². The second kappa shape index (κ2) is 5.62. The number of aryl methyl sites for hydroxylation is 1. The Bertz CT molecular complexity index is 1020. The summed E-state index contributed by atoms with van der Waals surface area (Å²) < 4.78 is 7.04. The molecule has 1 amide bonds. The number of rotatable bonds is 3. The highest BCUT2D eigenvalue weighted by Crippen LogP contribution is 2.25. The normalized spacial score (nSPS) is 10.9. The van der Waals surface area contributed by atoms with Crippen LogP contribution in [0.1, 0.15) is 15.9 Å². The van der Waals surface area contributed by atoms with Gasteiger partial charge in [0.2, 0.25) is 5.89 Å². The van der Waals surface area contributed by atoms with Crippen LogP contribution in [0.3, 0.4) is 0 Å². The van der Waals surface area contributed by atoms with Crippen LogP contribution in [0.5, 0.6) is 0 Å². The molecule has 1 aromatic carbocycles. The van der Waals surface area contributed by atoms with Gasteiger partial charge in [-0.2, -0.15) is 0 Å². The van der Waals surface area contributed by atoms with E-state index in [0.717, 1.165) is 11.1 Å². The Balaban J connectivity index is 1.62. The van der Waals surface area contributed by atoms with Gasteiger partial charge in [0.25, 0.3) is 5.91 Å². The number of carbonyl (C=O) groups is 1. The average Bonchev–Trinajstić information content (AvgIpc) is 3.27. The van der Waals surface area contributed by atoms with Crippen molar-refractivity contribution in [3.05, 3.63) is 66.4 Å². The Hall–Kier alpha value is -3.48. The summed E-state index contributed by atoms with van der Waals surface area (Å²) in [6.45, 7) is 1.96. The molecule has 0 aliphatic heterocycles. The molecule has 0 aliphatic carbocycles. The number of oxazole rings is 1. The fraction of sp³-hybridized carbons (Fsp3) is 0.0588. The predicted octanol–water partition coefficient (Wildman–Crippen LogP) is 2.95. The molecule has 3 aromatic heterocycles. The van der Waals surface area contributed by atoms with Crippen molar-refractivity contribution >= 4 is 17.2 Å². The number of carbonyl (C=O) groups excluding carboxylic acids is 1. The predicted molar refractivity (Wildman–Crippen MR) is 87.6 cm³/mol. The zero-order chi connectivity index (χ0) is 16.5. The Morgan fingerprint density at radius 1 is 1.25 bits per heavy atom. The van der Waals surface area contributed by atoms with E-state index in [9.17, 15) is 4.79 Å². The smallest absolute Gasteiger partial charge is 0.257 e. The van der Waals surface area contributed by atoms with Gasteiger partial charge in [0.05, 0.1) is 11.8 Å². The number of anilines is 1. The molecule has 0 unspecified atom stereocenters. The van der Waals surface area contributed by atoms with Gasteiger partial charge in [0, 0.05) is 17.4 Å². The molecule has 24 heavy (non-hydrogen) atoms. The fourth-order valence-electron chi connectivity index (χ4n) is 2.45. The summed E-state index contributed by atoms with van der Waals surface area (Å²) in [7, 11) is 0. The maximum absolute atomic E-state index is 12.5. The third kappa shape index (κ3) is 2.52. The van der Waals surface area contributed by atoms with Gasteiger partial charge in [-0.05, 0) is 36.8 Å². The molecule has 1 N–H and O–H groups in total. The summed E-state index contributed by atoms with van der Waals surface area (Å²) in [4.78, 5) is 16.6. The summed E-state index contributed by atoms with van der Waals surface area (Å²) >= 11 is 0. The van der Waals surface area contributed by atoms with Crippen molar-refractivity contribution in [3.63, 3.8) is 0 Å². The minimum atomic E-state index is -0.215. The number of hydrogen-bond donors (Lipinski definition) is 1. The number of benzene rings is 1. The highest BCUT2D eigenvalue weighted by molar-refractivity contribution is 6.04. The zero-order valence-electron chi connectivity index (χ0n) is 12.8. The molecule has 0 spiro atoms. The summed E-state index contributed by atoms with van der Waals surface area (Å²) in [5.74, 6) is 0.308. The van der Waals surface area contributed by atoms with Crippen LogP contribution in [-0.2, 0) is 0 Å². The monoisotopic (exact) mass is 319 g/mol. The highest BCUT2D eigenvalue weighted by atomic mass is 16.3. The van der Waals surface area contributed by atoms with Gasteiger partial charge < -0.3 is 9.73 Å². The quantitative estimate of drug-likeness (QED) is 0.627. The van der Waals surface area contributed by atoms with Gasteiger partial charge in [-0.3, -0.25) is 9.20 Å². The number of fused-ring (bicyclic) bond motifs is 1. The van der Waals surface area contributed by atoms with Crippen LogP contribution in [0.25, 0.3) is 17.1 Å². The molecular weight excluding hydrogens is 306 g/mol.